The van der Waals surface area contributed by atoms with Crippen molar-refractivity contribution in [2.45, 2.75) is 45.1 Å². The molecular weight excluding hydrogens is 398 g/mol. The van der Waals surface area contributed by atoms with Crippen LogP contribution in [0, 0.1) is 5.92 Å². The summed E-state index contributed by atoms with van der Waals surface area (Å²) in [6.45, 7) is 7.14. The highest BCUT2D eigenvalue weighted by Gasteiger charge is 2.28. The van der Waals surface area contributed by atoms with Gasteiger partial charge in [0, 0.05) is 49.2 Å². The second-order valence-corrected chi connectivity index (χ2v) is 9.56. The molecule has 0 saturated carbocycles. The van der Waals surface area contributed by atoms with E-state index in [1.54, 1.807) is 17.5 Å². The number of amides is 2. The molecule has 1 atom stereocenters. The van der Waals surface area contributed by atoms with Crippen molar-refractivity contribution in [3.05, 3.63) is 40.2 Å². The summed E-state index contributed by atoms with van der Waals surface area (Å²) in [5, 5.41) is 11.3. The van der Waals surface area contributed by atoms with Crippen molar-refractivity contribution in [1.82, 2.24) is 20.4 Å². The average molecular weight is 428 g/mol. The molecule has 4 heterocycles. The monoisotopic (exact) mass is 427 g/mol. The molecule has 2 aromatic rings. The third-order valence-electron chi connectivity index (χ3n) is 5.96. The number of carbonyl (C=O) groups is 2. The molecule has 2 aromatic heterocycles. The number of rotatable bonds is 5. The van der Waals surface area contributed by atoms with E-state index in [9.17, 15) is 9.59 Å². The number of nitrogens with zero attached hydrogens (tertiary/aromatic N) is 4. The summed E-state index contributed by atoms with van der Waals surface area (Å²) < 4.78 is 0. The average Bonchev–Trinajstić information content (AvgIpc) is 3.44. The minimum Gasteiger partial charge on any atom is -0.353 e. The Bertz CT molecular complexity index is 877. The minimum atomic E-state index is 0.00432. The van der Waals surface area contributed by atoms with Crippen LogP contribution in [0.5, 0.6) is 0 Å². The van der Waals surface area contributed by atoms with Gasteiger partial charge in [0.1, 0.15) is 0 Å². The van der Waals surface area contributed by atoms with Gasteiger partial charge in [-0.05, 0) is 49.4 Å². The first-order chi connectivity index (χ1) is 14.5. The summed E-state index contributed by atoms with van der Waals surface area (Å²) in [5.74, 6) is 1.59. The minimum absolute atomic E-state index is 0.00432. The lowest BCUT2D eigenvalue weighted by Crippen LogP contribution is -2.40. The standard InChI is InChI=1S/C22H29N5O2S/c1-15(2)22(29)26-11-7-16(8-12-26)18-5-6-19(30-18)21(28)24-17-9-13-27(14-17)20-4-3-10-23-25-20/h3-6,10,15-17H,7-9,11-14H2,1-2H3,(H,24,28)/t17-/m0/s1. The molecule has 0 spiro atoms. The predicted molar refractivity (Wildman–Crippen MR) is 118 cm³/mol. The van der Waals surface area contributed by atoms with E-state index in [1.807, 2.05) is 36.9 Å². The van der Waals surface area contributed by atoms with E-state index in [0.29, 0.717) is 5.92 Å². The fourth-order valence-electron chi connectivity index (χ4n) is 4.25. The Morgan fingerprint density at radius 3 is 2.63 bits per heavy atom. The van der Waals surface area contributed by atoms with Crippen molar-refractivity contribution in [2.75, 3.05) is 31.1 Å². The lowest BCUT2D eigenvalue weighted by atomic mass is 9.94. The van der Waals surface area contributed by atoms with E-state index in [1.165, 1.54) is 4.88 Å². The molecule has 2 saturated heterocycles. The molecule has 4 rings (SSSR count). The zero-order valence-corrected chi connectivity index (χ0v) is 18.4. The third kappa shape index (κ3) is 4.64. The van der Waals surface area contributed by atoms with E-state index < -0.39 is 0 Å². The molecule has 8 heteroatoms. The van der Waals surface area contributed by atoms with Crippen LogP contribution in [0.4, 0.5) is 5.82 Å². The lowest BCUT2D eigenvalue weighted by molar-refractivity contribution is -0.135. The Labute approximate surface area is 181 Å². The summed E-state index contributed by atoms with van der Waals surface area (Å²) in [7, 11) is 0. The number of anilines is 1. The number of hydrogen-bond donors (Lipinski definition) is 1. The second kappa shape index (κ2) is 9.12. The van der Waals surface area contributed by atoms with Crippen LogP contribution < -0.4 is 10.2 Å². The van der Waals surface area contributed by atoms with Crippen molar-refractivity contribution < 1.29 is 9.59 Å². The smallest absolute Gasteiger partial charge is 0.261 e. The first kappa shape index (κ1) is 20.8. The normalized spacial score (nSPS) is 20.0. The van der Waals surface area contributed by atoms with Gasteiger partial charge in [-0.3, -0.25) is 9.59 Å². The van der Waals surface area contributed by atoms with Crippen molar-refractivity contribution >= 4 is 29.0 Å². The molecule has 7 nitrogen and oxygen atoms in total. The molecule has 2 aliphatic rings. The predicted octanol–water partition coefficient (Wildman–Crippen LogP) is 2.91. The lowest BCUT2D eigenvalue weighted by Gasteiger charge is -2.32. The molecule has 0 unspecified atom stereocenters. The molecule has 0 radical (unpaired) electrons. The van der Waals surface area contributed by atoms with Gasteiger partial charge >= 0.3 is 0 Å². The van der Waals surface area contributed by atoms with E-state index in [4.69, 9.17) is 0 Å². The van der Waals surface area contributed by atoms with Crippen molar-refractivity contribution in [2.24, 2.45) is 5.92 Å². The van der Waals surface area contributed by atoms with Crippen molar-refractivity contribution in [1.29, 1.82) is 0 Å². The molecule has 2 aliphatic heterocycles. The fraction of sp³-hybridized carbons (Fsp3) is 0.545. The van der Waals surface area contributed by atoms with Crippen LogP contribution in [0.15, 0.2) is 30.5 Å². The summed E-state index contributed by atoms with van der Waals surface area (Å²) >= 11 is 1.59. The number of carbonyl (C=O) groups excluding carboxylic acids is 2. The van der Waals surface area contributed by atoms with Crippen LogP contribution in [0.1, 0.15) is 53.6 Å². The highest BCUT2D eigenvalue weighted by molar-refractivity contribution is 7.14. The summed E-state index contributed by atoms with van der Waals surface area (Å²) in [6.07, 6.45) is 4.51. The summed E-state index contributed by atoms with van der Waals surface area (Å²) in [5.41, 5.74) is 0. The SMILES string of the molecule is CC(C)C(=O)N1CCC(c2ccc(C(=O)N[C@H]3CCN(c4cccnn4)C3)s2)CC1. The van der Waals surface area contributed by atoms with Crippen LogP contribution in [-0.4, -0.2) is 59.1 Å². The number of hydrogen-bond acceptors (Lipinski definition) is 6. The second-order valence-electron chi connectivity index (χ2n) is 8.44. The van der Waals surface area contributed by atoms with Gasteiger partial charge in [-0.15, -0.1) is 16.4 Å². The van der Waals surface area contributed by atoms with Crippen LogP contribution in [0.3, 0.4) is 0 Å². The van der Waals surface area contributed by atoms with Gasteiger partial charge in [-0.25, -0.2) is 0 Å². The van der Waals surface area contributed by atoms with E-state index in [2.05, 4.69) is 26.5 Å². The maximum Gasteiger partial charge on any atom is 0.261 e. The highest BCUT2D eigenvalue weighted by atomic mass is 32.1. The number of piperidine rings is 1. The maximum atomic E-state index is 12.8. The first-order valence-corrected chi connectivity index (χ1v) is 11.5. The van der Waals surface area contributed by atoms with Crippen molar-refractivity contribution in [3.8, 4) is 0 Å². The number of aromatic nitrogens is 2. The van der Waals surface area contributed by atoms with E-state index in [-0.39, 0.29) is 23.8 Å². The van der Waals surface area contributed by atoms with Gasteiger partial charge in [0.15, 0.2) is 5.82 Å². The Hall–Kier alpha value is -2.48. The molecule has 0 aromatic carbocycles. The van der Waals surface area contributed by atoms with Crippen molar-refractivity contribution in [3.63, 3.8) is 0 Å². The Kier molecular flexibility index (Phi) is 6.32. The Morgan fingerprint density at radius 1 is 1.13 bits per heavy atom. The molecule has 0 aliphatic carbocycles. The van der Waals surface area contributed by atoms with E-state index >= 15 is 0 Å². The largest absolute Gasteiger partial charge is 0.353 e. The third-order valence-corrected chi connectivity index (χ3v) is 7.21. The summed E-state index contributed by atoms with van der Waals surface area (Å²) in [4.78, 5) is 31.1. The summed E-state index contributed by atoms with van der Waals surface area (Å²) in [6, 6.07) is 7.98. The zero-order chi connectivity index (χ0) is 21.1. The molecule has 2 amide bonds. The van der Waals surface area contributed by atoms with Gasteiger partial charge in [-0.1, -0.05) is 13.8 Å². The number of nitrogens with one attached hydrogen (secondary N) is 1. The number of thiophene rings is 1. The maximum absolute atomic E-state index is 12.8. The molecule has 0 bridgehead atoms. The molecule has 2 fully saturated rings. The zero-order valence-electron chi connectivity index (χ0n) is 17.6. The quantitative estimate of drug-likeness (QED) is 0.794. The fourth-order valence-corrected chi connectivity index (χ4v) is 5.33. The van der Waals surface area contributed by atoms with Gasteiger partial charge in [0.2, 0.25) is 5.91 Å². The van der Waals surface area contributed by atoms with Crippen LogP contribution >= 0.6 is 11.3 Å². The van der Waals surface area contributed by atoms with Gasteiger partial charge in [-0.2, -0.15) is 5.10 Å². The molecule has 30 heavy (non-hydrogen) atoms. The molecule has 160 valence electrons. The molecule has 1 N–H and O–H groups in total. The van der Waals surface area contributed by atoms with Crippen LogP contribution in [0.25, 0.3) is 0 Å². The Balaban J connectivity index is 1.29. The molecular formula is C22H29N5O2S. The first-order valence-electron chi connectivity index (χ1n) is 10.7. The van der Waals surface area contributed by atoms with Gasteiger partial charge in [0.25, 0.3) is 5.91 Å². The van der Waals surface area contributed by atoms with Crippen LogP contribution in [0.2, 0.25) is 0 Å². The Morgan fingerprint density at radius 2 is 1.93 bits per heavy atom. The van der Waals surface area contributed by atoms with Gasteiger partial charge < -0.3 is 15.1 Å². The number of likely N-dealkylation sites (tertiary alicyclic amines) is 1. The highest BCUT2D eigenvalue weighted by Crippen LogP contribution is 2.33. The van der Waals surface area contributed by atoms with Crippen LogP contribution in [-0.2, 0) is 4.79 Å². The van der Waals surface area contributed by atoms with Gasteiger partial charge in [0.05, 0.1) is 4.88 Å². The van der Waals surface area contributed by atoms with E-state index in [0.717, 1.165) is 56.1 Å². The topological polar surface area (TPSA) is 78.4 Å².